The van der Waals surface area contributed by atoms with Gasteiger partial charge in [-0.25, -0.2) is 0 Å². The second kappa shape index (κ2) is 8.41. The number of rotatable bonds is 5. The minimum Gasteiger partial charge on any atom is -0.488 e. The zero-order valence-corrected chi connectivity index (χ0v) is 17.0. The van der Waals surface area contributed by atoms with Crippen molar-refractivity contribution in [2.75, 3.05) is 13.6 Å². The second-order valence-electron chi connectivity index (χ2n) is 7.41. The van der Waals surface area contributed by atoms with E-state index in [4.69, 9.17) is 4.74 Å². The first-order valence-corrected chi connectivity index (χ1v) is 9.92. The molecule has 0 bridgehead atoms. The smallest absolute Gasteiger partial charge is 0.272 e. The molecule has 7 nitrogen and oxygen atoms in total. The monoisotopic (exact) mass is 404 g/mol. The number of hydrogen-bond donors (Lipinski definition) is 2. The van der Waals surface area contributed by atoms with Gasteiger partial charge in [-0.3, -0.25) is 14.7 Å². The number of hydrogen-bond acceptors (Lipinski definition) is 4. The molecule has 0 radical (unpaired) electrons. The molecule has 1 fully saturated rings. The van der Waals surface area contributed by atoms with Gasteiger partial charge in [0, 0.05) is 19.0 Å². The molecule has 3 aromatic rings. The third-order valence-corrected chi connectivity index (χ3v) is 5.27. The maximum absolute atomic E-state index is 13.2. The van der Waals surface area contributed by atoms with E-state index in [-0.39, 0.29) is 17.9 Å². The van der Waals surface area contributed by atoms with Crippen molar-refractivity contribution in [3.63, 3.8) is 0 Å². The summed E-state index contributed by atoms with van der Waals surface area (Å²) in [4.78, 5) is 27.2. The molecule has 0 saturated carbocycles. The van der Waals surface area contributed by atoms with Crippen molar-refractivity contribution in [3.05, 3.63) is 71.9 Å². The molecule has 2 amide bonds. The predicted octanol–water partition coefficient (Wildman–Crippen LogP) is 2.79. The number of likely N-dealkylation sites (N-methyl/N-ethyl adjacent to an activating group) is 1. The van der Waals surface area contributed by atoms with Crippen molar-refractivity contribution in [1.82, 2.24) is 20.4 Å². The average Bonchev–Trinajstić information content (AvgIpc) is 3.42. The van der Waals surface area contributed by atoms with Gasteiger partial charge in [0.05, 0.1) is 12.2 Å². The summed E-state index contributed by atoms with van der Waals surface area (Å²) in [6.07, 6.45) is 0.164. The van der Waals surface area contributed by atoms with Crippen molar-refractivity contribution in [2.24, 2.45) is 0 Å². The number of aromatic nitrogens is 2. The molecule has 0 unspecified atom stereocenters. The molecule has 2 heterocycles. The van der Waals surface area contributed by atoms with E-state index in [1.165, 1.54) is 0 Å². The molecule has 1 aliphatic rings. The van der Waals surface area contributed by atoms with Gasteiger partial charge in [-0.1, -0.05) is 48.0 Å². The zero-order chi connectivity index (χ0) is 21.1. The highest BCUT2D eigenvalue weighted by Crippen LogP contribution is 2.26. The summed E-state index contributed by atoms with van der Waals surface area (Å²) in [5.74, 6) is 0.241. The third-order valence-electron chi connectivity index (χ3n) is 5.27. The van der Waals surface area contributed by atoms with Gasteiger partial charge in [-0.05, 0) is 25.1 Å². The summed E-state index contributed by atoms with van der Waals surface area (Å²) >= 11 is 0. The number of nitrogens with zero attached hydrogens (tertiary/aromatic N) is 2. The van der Waals surface area contributed by atoms with Gasteiger partial charge in [0.15, 0.2) is 0 Å². The van der Waals surface area contributed by atoms with E-state index in [0.717, 1.165) is 16.9 Å². The summed E-state index contributed by atoms with van der Waals surface area (Å²) in [5, 5.41) is 9.75. The van der Waals surface area contributed by atoms with Gasteiger partial charge in [0.1, 0.15) is 23.6 Å². The van der Waals surface area contributed by atoms with Crippen LogP contribution in [0.15, 0.2) is 60.7 Å². The molecule has 30 heavy (non-hydrogen) atoms. The van der Waals surface area contributed by atoms with Gasteiger partial charge in [-0.15, -0.1) is 0 Å². The molecule has 2 aromatic carbocycles. The van der Waals surface area contributed by atoms with Crippen molar-refractivity contribution in [1.29, 1.82) is 0 Å². The predicted molar refractivity (Wildman–Crippen MR) is 113 cm³/mol. The number of H-pyrrole nitrogens is 1. The summed E-state index contributed by atoms with van der Waals surface area (Å²) in [5.41, 5.74) is 3.11. The Morgan fingerprint density at radius 2 is 1.87 bits per heavy atom. The first-order chi connectivity index (χ1) is 14.5. The number of ether oxygens (including phenoxy) is 1. The number of likely N-dealkylation sites (tertiary alicyclic amines) is 1. The molecule has 154 valence electrons. The zero-order valence-electron chi connectivity index (χ0n) is 17.0. The summed E-state index contributed by atoms with van der Waals surface area (Å²) < 4.78 is 6.00. The van der Waals surface area contributed by atoms with E-state index in [1.54, 1.807) is 18.0 Å². The first-order valence-electron chi connectivity index (χ1n) is 9.92. The van der Waals surface area contributed by atoms with E-state index >= 15 is 0 Å². The van der Waals surface area contributed by atoms with Crippen LogP contribution in [0.4, 0.5) is 0 Å². The Balaban J connectivity index is 1.53. The molecule has 7 heteroatoms. The van der Waals surface area contributed by atoms with E-state index < -0.39 is 6.04 Å². The summed E-state index contributed by atoms with van der Waals surface area (Å²) in [6, 6.07) is 18.5. The summed E-state index contributed by atoms with van der Waals surface area (Å²) in [6.45, 7) is 2.34. The van der Waals surface area contributed by atoms with Crippen LogP contribution in [0.5, 0.6) is 5.75 Å². The molecule has 1 aliphatic heterocycles. The Kier molecular flexibility index (Phi) is 5.52. The highest BCUT2D eigenvalue weighted by atomic mass is 16.5. The fourth-order valence-electron chi connectivity index (χ4n) is 3.67. The van der Waals surface area contributed by atoms with Crippen LogP contribution in [0.25, 0.3) is 11.3 Å². The molecule has 1 aromatic heterocycles. The van der Waals surface area contributed by atoms with Crippen LogP contribution in [0, 0.1) is 6.92 Å². The molecular weight excluding hydrogens is 380 g/mol. The highest BCUT2D eigenvalue weighted by Gasteiger charge is 2.41. The number of nitrogens with one attached hydrogen (secondary N) is 2. The van der Waals surface area contributed by atoms with Crippen LogP contribution in [-0.2, 0) is 4.79 Å². The van der Waals surface area contributed by atoms with Gasteiger partial charge in [-0.2, -0.15) is 5.10 Å². The van der Waals surface area contributed by atoms with Crippen LogP contribution in [-0.4, -0.2) is 52.6 Å². The molecule has 0 aliphatic carbocycles. The topological polar surface area (TPSA) is 87.3 Å². The lowest BCUT2D eigenvalue weighted by molar-refractivity contribution is -0.124. The average molecular weight is 404 g/mol. The van der Waals surface area contributed by atoms with Gasteiger partial charge in [0.25, 0.3) is 5.91 Å². The van der Waals surface area contributed by atoms with Crippen LogP contribution >= 0.6 is 0 Å². The molecule has 2 N–H and O–H groups in total. The minimum absolute atomic E-state index is 0.208. The van der Waals surface area contributed by atoms with Crippen molar-refractivity contribution in [3.8, 4) is 17.0 Å². The number of carbonyl (C=O) groups is 2. The lowest BCUT2D eigenvalue weighted by Crippen LogP contribution is -2.45. The Morgan fingerprint density at radius 1 is 1.13 bits per heavy atom. The van der Waals surface area contributed by atoms with Gasteiger partial charge < -0.3 is 15.0 Å². The maximum atomic E-state index is 13.2. The lowest BCUT2D eigenvalue weighted by Gasteiger charge is -2.22. The van der Waals surface area contributed by atoms with E-state index in [1.807, 2.05) is 61.5 Å². The minimum atomic E-state index is -0.595. The number of carbonyl (C=O) groups excluding carboxylic acids is 2. The molecule has 4 rings (SSSR count). The number of benzene rings is 2. The number of para-hydroxylation sites is 1. The molecular formula is C23H24N4O3. The molecule has 2 atom stereocenters. The number of amides is 2. The Morgan fingerprint density at radius 3 is 2.57 bits per heavy atom. The van der Waals surface area contributed by atoms with E-state index in [0.29, 0.717) is 24.4 Å². The van der Waals surface area contributed by atoms with E-state index in [2.05, 4.69) is 15.5 Å². The standard InChI is InChI=1S/C23H24N4O3/c1-15-8-10-16(11-9-15)19-13-20(26-25-19)23(29)27-14-18(12-21(27)22(28)24-2)30-17-6-4-3-5-7-17/h3-11,13,18,21H,12,14H2,1-2H3,(H,24,28)(H,25,26)/t18-,21-/m0/s1. The normalized spacial score (nSPS) is 18.3. The van der Waals surface area contributed by atoms with Crippen molar-refractivity contribution >= 4 is 11.8 Å². The Bertz CT molecular complexity index is 1030. The largest absolute Gasteiger partial charge is 0.488 e. The van der Waals surface area contributed by atoms with Gasteiger partial charge >= 0.3 is 0 Å². The number of aryl methyl sites for hydroxylation is 1. The SMILES string of the molecule is CNC(=O)[C@@H]1C[C@H](Oc2ccccc2)CN1C(=O)c1cc(-c2ccc(C)cc2)n[nH]1. The highest BCUT2D eigenvalue weighted by molar-refractivity contribution is 5.97. The van der Waals surface area contributed by atoms with Crippen LogP contribution in [0.2, 0.25) is 0 Å². The van der Waals surface area contributed by atoms with Crippen LogP contribution in [0.3, 0.4) is 0 Å². The quantitative estimate of drug-likeness (QED) is 0.685. The van der Waals surface area contributed by atoms with Crippen LogP contribution in [0.1, 0.15) is 22.5 Å². The summed E-state index contributed by atoms with van der Waals surface area (Å²) in [7, 11) is 1.57. The van der Waals surface area contributed by atoms with E-state index in [9.17, 15) is 9.59 Å². The van der Waals surface area contributed by atoms with Crippen molar-refractivity contribution < 1.29 is 14.3 Å². The Hall–Kier alpha value is -3.61. The van der Waals surface area contributed by atoms with Gasteiger partial charge in [0.2, 0.25) is 5.91 Å². The van der Waals surface area contributed by atoms with Crippen molar-refractivity contribution in [2.45, 2.75) is 25.5 Å². The fraction of sp³-hybridized carbons (Fsp3) is 0.261. The molecule has 1 saturated heterocycles. The third kappa shape index (κ3) is 4.05. The fourth-order valence-corrected chi connectivity index (χ4v) is 3.67. The maximum Gasteiger partial charge on any atom is 0.272 e. The lowest BCUT2D eigenvalue weighted by atomic mass is 10.1. The number of aromatic amines is 1. The van der Waals surface area contributed by atoms with Crippen LogP contribution < -0.4 is 10.1 Å². The second-order valence-corrected chi connectivity index (χ2v) is 7.41. The Labute approximate surface area is 175 Å². The first kappa shape index (κ1) is 19.7. The molecule has 0 spiro atoms.